The van der Waals surface area contributed by atoms with Gasteiger partial charge in [-0.15, -0.1) is 10.2 Å². The molecule has 1 aliphatic heterocycles. The molecule has 0 radical (unpaired) electrons. The highest BCUT2D eigenvalue weighted by molar-refractivity contribution is 7.89. The fraction of sp³-hybridized carbons (Fsp3) is 0.273. The summed E-state index contributed by atoms with van der Waals surface area (Å²) < 4.78 is 27.3. The summed E-state index contributed by atoms with van der Waals surface area (Å²) in [4.78, 5) is 2.42. The first-order chi connectivity index (χ1) is 14.5. The van der Waals surface area contributed by atoms with Gasteiger partial charge in [0.1, 0.15) is 5.82 Å². The molecule has 0 amide bonds. The van der Waals surface area contributed by atoms with Crippen molar-refractivity contribution < 1.29 is 8.42 Å². The van der Waals surface area contributed by atoms with Crippen molar-refractivity contribution in [2.24, 2.45) is 0 Å². The van der Waals surface area contributed by atoms with Crippen LogP contribution in [0.3, 0.4) is 0 Å². The molecule has 1 N–H and O–H groups in total. The average Bonchev–Trinajstić information content (AvgIpc) is 2.79. The smallest absolute Gasteiger partial charge is 0.243 e. The standard InChI is InChI=1S/C22H25N5O2S/c1-18-6-5-9-20(16-18)30(28,29)27-14-12-26(13-15-27)22-11-10-21(24-25-22)23-17-19-7-3-2-4-8-19/h2-11,16H,12-15,17H2,1H3,(H,23,24). The van der Waals surface area contributed by atoms with Gasteiger partial charge in [-0.25, -0.2) is 8.42 Å². The van der Waals surface area contributed by atoms with Gasteiger partial charge in [-0.1, -0.05) is 42.5 Å². The third-order valence-corrected chi connectivity index (χ3v) is 7.05. The van der Waals surface area contributed by atoms with Gasteiger partial charge < -0.3 is 10.2 Å². The number of hydrogen-bond acceptors (Lipinski definition) is 6. The molecule has 0 unspecified atom stereocenters. The number of hydrogen-bond donors (Lipinski definition) is 1. The number of nitrogens with one attached hydrogen (secondary N) is 1. The summed E-state index contributed by atoms with van der Waals surface area (Å²) in [5, 5.41) is 11.8. The maximum atomic E-state index is 12.9. The van der Waals surface area contributed by atoms with E-state index < -0.39 is 10.0 Å². The Balaban J connectivity index is 1.35. The molecule has 156 valence electrons. The number of anilines is 2. The van der Waals surface area contributed by atoms with Gasteiger partial charge in [0.2, 0.25) is 10.0 Å². The minimum absolute atomic E-state index is 0.351. The Morgan fingerprint density at radius 3 is 2.33 bits per heavy atom. The lowest BCUT2D eigenvalue weighted by atomic mass is 10.2. The molecule has 1 fully saturated rings. The van der Waals surface area contributed by atoms with Gasteiger partial charge in [-0.05, 0) is 42.3 Å². The number of rotatable bonds is 6. The molecule has 1 aromatic heterocycles. The van der Waals surface area contributed by atoms with Crippen LogP contribution in [0.25, 0.3) is 0 Å². The van der Waals surface area contributed by atoms with Gasteiger partial charge in [0, 0.05) is 32.7 Å². The minimum Gasteiger partial charge on any atom is -0.365 e. The van der Waals surface area contributed by atoms with E-state index in [2.05, 4.69) is 32.5 Å². The number of nitrogens with zero attached hydrogens (tertiary/aromatic N) is 4. The fourth-order valence-electron chi connectivity index (χ4n) is 3.46. The monoisotopic (exact) mass is 423 g/mol. The van der Waals surface area contributed by atoms with Crippen molar-refractivity contribution >= 4 is 21.7 Å². The summed E-state index contributed by atoms with van der Waals surface area (Å²) >= 11 is 0. The highest BCUT2D eigenvalue weighted by Crippen LogP contribution is 2.21. The fourth-order valence-corrected chi connectivity index (χ4v) is 4.99. The zero-order chi connectivity index (χ0) is 21.0. The van der Waals surface area contributed by atoms with E-state index in [1.807, 2.05) is 43.3 Å². The van der Waals surface area contributed by atoms with Crippen molar-refractivity contribution in [3.63, 3.8) is 0 Å². The van der Waals surface area contributed by atoms with Gasteiger partial charge in [-0.2, -0.15) is 4.31 Å². The van der Waals surface area contributed by atoms with Crippen molar-refractivity contribution in [1.29, 1.82) is 0 Å². The molecule has 0 spiro atoms. The van der Waals surface area contributed by atoms with Crippen LogP contribution >= 0.6 is 0 Å². The lowest BCUT2D eigenvalue weighted by molar-refractivity contribution is 0.383. The maximum absolute atomic E-state index is 12.9. The van der Waals surface area contributed by atoms with Crippen LogP contribution in [0.4, 0.5) is 11.6 Å². The summed E-state index contributed by atoms with van der Waals surface area (Å²) in [6.07, 6.45) is 0. The molecule has 7 nitrogen and oxygen atoms in total. The molecule has 0 atom stereocenters. The predicted molar refractivity (Wildman–Crippen MR) is 118 cm³/mol. The number of piperazine rings is 1. The van der Waals surface area contributed by atoms with Gasteiger partial charge in [0.05, 0.1) is 4.90 Å². The quantitative estimate of drug-likeness (QED) is 0.657. The normalized spacial score (nSPS) is 15.2. The zero-order valence-electron chi connectivity index (χ0n) is 16.9. The third kappa shape index (κ3) is 4.60. The minimum atomic E-state index is -3.47. The molecule has 2 aromatic carbocycles. The van der Waals surface area contributed by atoms with Crippen molar-refractivity contribution in [2.45, 2.75) is 18.4 Å². The van der Waals surface area contributed by atoms with Crippen LogP contribution in [0.5, 0.6) is 0 Å². The van der Waals surface area contributed by atoms with Gasteiger partial charge in [0.15, 0.2) is 5.82 Å². The van der Waals surface area contributed by atoms with Gasteiger partial charge in [-0.3, -0.25) is 0 Å². The van der Waals surface area contributed by atoms with E-state index in [-0.39, 0.29) is 0 Å². The molecule has 0 saturated carbocycles. The van der Waals surface area contributed by atoms with Gasteiger partial charge in [0.25, 0.3) is 0 Å². The van der Waals surface area contributed by atoms with Crippen LogP contribution in [-0.2, 0) is 16.6 Å². The van der Waals surface area contributed by atoms with Crippen molar-refractivity contribution in [3.05, 3.63) is 77.9 Å². The Labute approximate surface area is 177 Å². The van der Waals surface area contributed by atoms with Crippen LogP contribution in [-0.4, -0.2) is 49.1 Å². The summed E-state index contributed by atoms with van der Waals surface area (Å²) in [6.45, 7) is 4.59. The highest BCUT2D eigenvalue weighted by Gasteiger charge is 2.29. The molecule has 4 rings (SSSR count). The number of sulfonamides is 1. The van der Waals surface area contributed by atoms with E-state index in [9.17, 15) is 8.42 Å². The lowest BCUT2D eigenvalue weighted by Gasteiger charge is -2.34. The highest BCUT2D eigenvalue weighted by atomic mass is 32.2. The SMILES string of the molecule is Cc1cccc(S(=O)(=O)N2CCN(c3ccc(NCc4ccccc4)nn3)CC2)c1. The maximum Gasteiger partial charge on any atom is 0.243 e. The molecule has 30 heavy (non-hydrogen) atoms. The largest absolute Gasteiger partial charge is 0.365 e. The van der Waals surface area contributed by atoms with Crippen molar-refractivity contribution in [2.75, 3.05) is 36.4 Å². The molecule has 3 aromatic rings. The topological polar surface area (TPSA) is 78.4 Å². The Bertz CT molecular complexity index is 1080. The molecule has 2 heterocycles. The molecular formula is C22H25N5O2S. The van der Waals surface area contributed by atoms with Crippen LogP contribution in [0.1, 0.15) is 11.1 Å². The average molecular weight is 424 g/mol. The number of benzene rings is 2. The lowest BCUT2D eigenvalue weighted by Crippen LogP contribution is -2.49. The Morgan fingerprint density at radius 2 is 1.67 bits per heavy atom. The van der Waals surface area contributed by atoms with E-state index >= 15 is 0 Å². The number of aromatic nitrogens is 2. The molecular weight excluding hydrogens is 398 g/mol. The second-order valence-corrected chi connectivity index (χ2v) is 9.26. The molecule has 0 aliphatic carbocycles. The van der Waals surface area contributed by atoms with Crippen LogP contribution < -0.4 is 10.2 Å². The number of aryl methyl sites for hydroxylation is 1. The molecule has 1 aliphatic rings. The predicted octanol–water partition coefficient (Wildman–Crippen LogP) is 2.91. The van der Waals surface area contributed by atoms with Crippen LogP contribution in [0, 0.1) is 6.92 Å². The van der Waals surface area contributed by atoms with Crippen LogP contribution in [0.2, 0.25) is 0 Å². The Morgan fingerprint density at radius 1 is 0.900 bits per heavy atom. The van der Waals surface area contributed by atoms with Crippen molar-refractivity contribution in [1.82, 2.24) is 14.5 Å². The molecule has 1 saturated heterocycles. The Kier molecular flexibility index (Phi) is 5.96. The summed E-state index contributed by atoms with van der Waals surface area (Å²) in [7, 11) is -3.47. The van der Waals surface area contributed by atoms with E-state index in [0.717, 1.165) is 11.4 Å². The first-order valence-corrected chi connectivity index (χ1v) is 11.4. The second-order valence-electron chi connectivity index (χ2n) is 7.32. The molecule has 0 bridgehead atoms. The van der Waals surface area contributed by atoms with E-state index in [0.29, 0.717) is 43.4 Å². The van der Waals surface area contributed by atoms with E-state index in [4.69, 9.17) is 0 Å². The van der Waals surface area contributed by atoms with Crippen LogP contribution in [0.15, 0.2) is 71.6 Å². The van der Waals surface area contributed by atoms with E-state index in [1.165, 1.54) is 5.56 Å². The summed E-state index contributed by atoms with van der Waals surface area (Å²) in [5.74, 6) is 1.47. The van der Waals surface area contributed by atoms with Gasteiger partial charge >= 0.3 is 0 Å². The molecule has 8 heteroatoms. The first-order valence-electron chi connectivity index (χ1n) is 9.96. The van der Waals surface area contributed by atoms with E-state index in [1.54, 1.807) is 22.5 Å². The Hall–Kier alpha value is -2.97. The summed E-state index contributed by atoms with van der Waals surface area (Å²) in [5.41, 5.74) is 2.11. The first kappa shape index (κ1) is 20.3. The third-order valence-electron chi connectivity index (χ3n) is 5.16. The second kappa shape index (κ2) is 8.81. The summed E-state index contributed by atoms with van der Waals surface area (Å²) in [6, 6.07) is 21.0. The zero-order valence-corrected chi connectivity index (χ0v) is 17.7. The van der Waals surface area contributed by atoms with Crippen molar-refractivity contribution in [3.8, 4) is 0 Å².